The number of ether oxygens (including phenoxy) is 1. The van der Waals surface area contributed by atoms with Crippen molar-refractivity contribution in [3.8, 4) is 18.1 Å². The molecule has 0 aliphatic rings. The van der Waals surface area contributed by atoms with Gasteiger partial charge in [0.25, 0.3) is 0 Å². The van der Waals surface area contributed by atoms with Crippen LogP contribution in [0, 0.1) is 18.2 Å². The molecule has 102 valence electrons. The number of hydrogen-bond donors (Lipinski definition) is 0. The molecule has 0 atom stereocenters. The van der Waals surface area contributed by atoms with Crippen LogP contribution in [-0.4, -0.2) is 0 Å². The first-order valence-electron chi connectivity index (χ1n) is 6.64. The first-order valence-corrected chi connectivity index (χ1v) is 6.64. The molecule has 0 aliphatic carbocycles. The molecule has 0 radical (unpaired) electrons. The fourth-order valence-corrected chi connectivity index (χ4v) is 2.32. The largest absolute Gasteiger partial charge is 0.488 e. The Bertz CT molecular complexity index is 816. The highest BCUT2D eigenvalue weighted by Crippen LogP contribution is 2.30. The second-order valence-corrected chi connectivity index (χ2v) is 4.70. The topological polar surface area (TPSA) is 9.23 Å². The molecule has 0 heterocycles. The molecule has 3 aromatic rings. The van der Waals surface area contributed by atoms with Crippen LogP contribution in [0.25, 0.3) is 10.8 Å². The van der Waals surface area contributed by atoms with Crippen molar-refractivity contribution in [2.45, 2.75) is 6.61 Å². The van der Waals surface area contributed by atoms with E-state index in [0.717, 1.165) is 10.9 Å². The second-order valence-electron chi connectivity index (χ2n) is 4.70. The minimum absolute atomic E-state index is 0.246. The van der Waals surface area contributed by atoms with Crippen LogP contribution < -0.4 is 4.74 Å². The Balaban J connectivity index is 2.03. The van der Waals surface area contributed by atoms with Crippen LogP contribution in [0.3, 0.4) is 0 Å². The van der Waals surface area contributed by atoms with Gasteiger partial charge in [-0.15, -0.1) is 6.42 Å². The van der Waals surface area contributed by atoms with Gasteiger partial charge in [-0.05, 0) is 23.1 Å². The summed E-state index contributed by atoms with van der Waals surface area (Å²) >= 11 is 0. The van der Waals surface area contributed by atoms with Gasteiger partial charge < -0.3 is 4.74 Å². The predicted octanol–water partition coefficient (Wildman–Crippen LogP) is 4.54. The zero-order valence-electron chi connectivity index (χ0n) is 11.3. The second kappa shape index (κ2) is 5.68. The van der Waals surface area contributed by atoms with Crippen molar-refractivity contribution in [1.82, 2.24) is 0 Å². The average Bonchev–Trinajstić information content (AvgIpc) is 2.54. The normalized spacial score (nSPS) is 10.3. The molecule has 0 N–H and O–H groups in total. The number of halogens is 1. The van der Waals surface area contributed by atoms with E-state index in [2.05, 4.69) is 5.92 Å². The summed E-state index contributed by atoms with van der Waals surface area (Å²) in [5.74, 6) is 2.62. The van der Waals surface area contributed by atoms with E-state index in [1.807, 2.05) is 48.5 Å². The molecule has 0 saturated heterocycles. The van der Waals surface area contributed by atoms with Gasteiger partial charge in [-0.1, -0.05) is 54.5 Å². The van der Waals surface area contributed by atoms with Crippen LogP contribution >= 0.6 is 0 Å². The Morgan fingerprint density at radius 3 is 2.52 bits per heavy atom. The van der Waals surface area contributed by atoms with Crippen LogP contribution in [0.15, 0.2) is 60.7 Å². The summed E-state index contributed by atoms with van der Waals surface area (Å²) in [7, 11) is 0. The van der Waals surface area contributed by atoms with Crippen molar-refractivity contribution in [2.75, 3.05) is 0 Å². The lowest BCUT2D eigenvalue weighted by atomic mass is 10.0. The van der Waals surface area contributed by atoms with Gasteiger partial charge in [0.1, 0.15) is 18.2 Å². The Morgan fingerprint density at radius 1 is 0.952 bits per heavy atom. The van der Waals surface area contributed by atoms with Crippen LogP contribution in [0.1, 0.15) is 11.1 Å². The fourth-order valence-electron chi connectivity index (χ4n) is 2.32. The lowest BCUT2D eigenvalue weighted by Crippen LogP contribution is -1.97. The minimum Gasteiger partial charge on any atom is -0.488 e. The smallest absolute Gasteiger partial charge is 0.139 e. The van der Waals surface area contributed by atoms with Gasteiger partial charge in [0, 0.05) is 5.39 Å². The maximum Gasteiger partial charge on any atom is 0.139 e. The highest BCUT2D eigenvalue weighted by atomic mass is 19.1. The molecule has 3 aromatic carbocycles. The van der Waals surface area contributed by atoms with Gasteiger partial charge >= 0.3 is 0 Å². The van der Waals surface area contributed by atoms with Gasteiger partial charge in [-0.2, -0.15) is 0 Å². The first-order chi connectivity index (χ1) is 10.3. The van der Waals surface area contributed by atoms with E-state index < -0.39 is 5.82 Å². The molecule has 0 bridgehead atoms. The first kappa shape index (κ1) is 13.2. The Labute approximate surface area is 123 Å². The molecule has 0 aromatic heterocycles. The van der Waals surface area contributed by atoms with Gasteiger partial charge in [0.15, 0.2) is 0 Å². The number of benzene rings is 3. The van der Waals surface area contributed by atoms with Crippen molar-refractivity contribution in [2.24, 2.45) is 0 Å². The molecular weight excluding hydrogens is 263 g/mol. The third-order valence-electron chi connectivity index (χ3n) is 3.34. The molecule has 0 spiro atoms. The van der Waals surface area contributed by atoms with Gasteiger partial charge in [0.05, 0.1) is 5.56 Å². The average molecular weight is 276 g/mol. The molecular formula is C19H13FO. The Morgan fingerprint density at radius 2 is 1.76 bits per heavy atom. The van der Waals surface area contributed by atoms with E-state index in [4.69, 9.17) is 11.2 Å². The van der Waals surface area contributed by atoms with Crippen molar-refractivity contribution >= 4 is 10.8 Å². The summed E-state index contributed by atoms with van der Waals surface area (Å²) in [4.78, 5) is 0. The maximum absolute atomic E-state index is 13.9. The third kappa shape index (κ3) is 2.59. The number of hydrogen-bond acceptors (Lipinski definition) is 1. The van der Waals surface area contributed by atoms with Crippen LogP contribution in [0.2, 0.25) is 0 Å². The van der Waals surface area contributed by atoms with E-state index in [9.17, 15) is 4.39 Å². The van der Waals surface area contributed by atoms with E-state index in [1.165, 1.54) is 6.07 Å². The highest BCUT2D eigenvalue weighted by Gasteiger charge is 2.10. The summed E-state index contributed by atoms with van der Waals surface area (Å²) in [5, 5.41) is 1.52. The summed E-state index contributed by atoms with van der Waals surface area (Å²) in [6.07, 6.45) is 5.45. The monoisotopic (exact) mass is 276 g/mol. The molecule has 0 aliphatic heterocycles. The molecule has 0 fully saturated rings. The maximum atomic E-state index is 13.9. The van der Waals surface area contributed by atoms with E-state index in [1.54, 1.807) is 6.07 Å². The summed E-state index contributed by atoms with van der Waals surface area (Å²) in [6, 6.07) is 18.5. The standard InChI is InChI=1S/C19H13FO/c1-2-16-17(20)12-11-15-9-6-10-18(19(15)16)21-13-14-7-4-3-5-8-14/h1,3-12H,13H2. The van der Waals surface area contributed by atoms with Crippen molar-refractivity contribution in [1.29, 1.82) is 0 Å². The number of terminal acetylenes is 1. The quantitative estimate of drug-likeness (QED) is 0.638. The summed E-state index contributed by atoms with van der Waals surface area (Å²) in [5.41, 5.74) is 1.30. The lowest BCUT2D eigenvalue weighted by molar-refractivity contribution is 0.310. The molecule has 1 nitrogen and oxygen atoms in total. The summed E-state index contributed by atoms with van der Waals surface area (Å²) in [6.45, 7) is 0.417. The van der Waals surface area contributed by atoms with Crippen molar-refractivity contribution in [3.63, 3.8) is 0 Å². The SMILES string of the molecule is C#Cc1c(F)ccc2cccc(OCc3ccccc3)c12. The van der Waals surface area contributed by atoms with E-state index >= 15 is 0 Å². The van der Waals surface area contributed by atoms with Gasteiger partial charge in [0.2, 0.25) is 0 Å². The zero-order valence-corrected chi connectivity index (χ0v) is 11.3. The molecule has 0 amide bonds. The summed E-state index contributed by atoms with van der Waals surface area (Å²) < 4.78 is 19.7. The zero-order chi connectivity index (χ0) is 14.7. The van der Waals surface area contributed by atoms with Gasteiger partial charge in [-0.25, -0.2) is 4.39 Å². The minimum atomic E-state index is -0.402. The van der Waals surface area contributed by atoms with E-state index in [-0.39, 0.29) is 5.56 Å². The van der Waals surface area contributed by atoms with Crippen LogP contribution in [0.4, 0.5) is 4.39 Å². The van der Waals surface area contributed by atoms with Crippen LogP contribution in [0.5, 0.6) is 5.75 Å². The van der Waals surface area contributed by atoms with E-state index in [0.29, 0.717) is 17.7 Å². The Kier molecular flexibility index (Phi) is 3.57. The van der Waals surface area contributed by atoms with Crippen molar-refractivity contribution in [3.05, 3.63) is 77.6 Å². The fraction of sp³-hybridized carbons (Fsp3) is 0.0526. The Hall–Kier alpha value is -2.79. The predicted molar refractivity (Wildman–Crippen MR) is 82.6 cm³/mol. The number of rotatable bonds is 3. The molecule has 2 heteroatoms. The van der Waals surface area contributed by atoms with Crippen LogP contribution in [-0.2, 0) is 6.61 Å². The third-order valence-corrected chi connectivity index (χ3v) is 3.34. The molecule has 0 saturated carbocycles. The number of fused-ring (bicyclic) bond motifs is 1. The molecule has 0 unspecified atom stereocenters. The lowest BCUT2D eigenvalue weighted by Gasteiger charge is -2.11. The van der Waals surface area contributed by atoms with Gasteiger partial charge in [-0.3, -0.25) is 0 Å². The molecule has 3 rings (SSSR count). The molecule has 21 heavy (non-hydrogen) atoms. The highest BCUT2D eigenvalue weighted by molar-refractivity contribution is 5.93. The van der Waals surface area contributed by atoms with Crippen molar-refractivity contribution < 1.29 is 9.13 Å².